The fourth-order valence-electron chi connectivity index (χ4n) is 12.4. The first-order chi connectivity index (χ1) is 35.7. The van der Waals surface area contributed by atoms with E-state index in [0.717, 1.165) is 51.2 Å². The predicted octanol–water partition coefficient (Wildman–Crippen LogP) is 17.4. The number of para-hydroxylation sites is 5. The maximum Gasteiger partial charge on any atom is 0.0721 e. The van der Waals surface area contributed by atoms with Crippen LogP contribution in [-0.4, -0.2) is 0 Å². The Balaban J connectivity index is 1.07. The summed E-state index contributed by atoms with van der Waals surface area (Å²) in [5.41, 5.74) is 23.2. The molecule has 0 saturated carbocycles. The van der Waals surface area contributed by atoms with Gasteiger partial charge >= 0.3 is 0 Å². The van der Waals surface area contributed by atoms with Crippen LogP contribution in [0.4, 0.5) is 51.2 Å². The Morgan fingerprint density at radius 3 is 0.819 bits per heavy atom. The maximum atomic E-state index is 3.81. The average molecular weight is 921 g/mol. The van der Waals surface area contributed by atoms with E-state index in [1.807, 2.05) is 0 Å². The smallest absolute Gasteiger partial charge is 0.0721 e. The van der Waals surface area contributed by atoms with Crippen molar-refractivity contribution >= 4 is 51.2 Å². The molecule has 3 N–H and O–H groups in total. The van der Waals surface area contributed by atoms with Crippen LogP contribution in [0.3, 0.4) is 0 Å². The quantitative estimate of drug-likeness (QED) is 0.135. The standard InChI is InChI=1S/C68H48N4/c1-6-20-46(21-7-1)69-49-34-38-55-56-39-35-50(70-47-22-8-2-9-23-47)43-64(56)67(63(55)42-49)59-30-16-18-32-61(59)68(62-33-19-17-31-60(62)67)65-44-51(71-48-24-10-3-11-25-48)36-40-57(65)58-41-37-54(45-66(58)68)72(52-26-12-4-13-27-52)53-28-14-5-15-29-53/h1-45,69-71H. The number of hydrogen-bond acceptors (Lipinski definition) is 4. The highest BCUT2D eigenvalue weighted by atomic mass is 15.1. The molecule has 11 aromatic rings. The van der Waals surface area contributed by atoms with Crippen LogP contribution in [0, 0.1) is 0 Å². The highest BCUT2D eigenvalue weighted by Gasteiger charge is 2.59. The molecule has 0 aliphatic heterocycles. The summed E-state index contributed by atoms with van der Waals surface area (Å²) >= 11 is 0. The first-order valence-corrected chi connectivity index (χ1v) is 24.8. The number of fused-ring (bicyclic) bond motifs is 16. The zero-order valence-electron chi connectivity index (χ0n) is 39.4. The molecule has 0 amide bonds. The Labute approximate surface area is 420 Å². The van der Waals surface area contributed by atoms with E-state index < -0.39 is 10.8 Å². The first-order valence-electron chi connectivity index (χ1n) is 24.8. The maximum absolute atomic E-state index is 3.81. The zero-order chi connectivity index (χ0) is 47.6. The molecule has 0 radical (unpaired) electrons. The van der Waals surface area contributed by atoms with Crippen LogP contribution >= 0.6 is 0 Å². The fraction of sp³-hybridized carbons (Fsp3) is 0.0294. The average Bonchev–Trinajstić information content (AvgIpc) is 3.89. The third kappa shape index (κ3) is 6.32. The van der Waals surface area contributed by atoms with Crippen molar-refractivity contribution in [3.8, 4) is 22.3 Å². The number of nitrogens with zero attached hydrogens (tertiary/aromatic N) is 1. The number of rotatable bonds is 9. The van der Waals surface area contributed by atoms with Gasteiger partial charge in [0.1, 0.15) is 0 Å². The number of benzene rings is 11. The van der Waals surface area contributed by atoms with Gasteiger partial charge in [-0.05, 0) is 176 Å². The topological polar surface area (TPSA) is 39.3 Å². The van der Waals surface area contributed by atoms with Gasteiger partial charge in [0.25, 0.3) is 0 Å². The van der Waals surface area contributed by atoms with Crippen LogP contribution in [0.2, 0.25) is 0 Å². The number of nitrogens with one attached hydrogen (secondary N) is 3. The molecule has 0 aromatic heterocycles. The lowest BCUT2D eigenvalue weighted by Crippen LogP contribution is -2.43. The van der Waals surface area contributed by atoms with Gasteiger partial charge in [-0.2, -0.15) is 0 Å². The Morgan fingerprint density at radius 2 is 0.486 bits per heavy atom. The van der Waals surface area contributed by atoms with Crippen LogP contribution in [0.5, 0.6) is 0 Å². The Kier molecular flexibility index (Phi) is 9.62. The molecule has 4 nitrogen and oxygen atoms in total. The molecule has 14 rings (SSSR count). The summed E-state index contributed by atoms with van der Waals surface area (Å²) in [6, 6.07) is 100.0. The van der Waals surface area contributed by atoms with Gasteiger partial charge < -0.3 is 20.9 Å². The molecule has 0 bridgehead atoms. The molecule has 4 heteroatoms. The van der Waals surface area contributed by atoms with Gasteiger partial charge in [0, 0.05) is 51.2 Å². The second-order valence-corrected chi connectivity index (χ2v) is 19.1. The van der Waals surface area contributed by atoms with Gasteiger partial charge in [-0.3, -0.25) is 0 Å². The molecular formula is C68H48N4. The molecule has 3 aliphatic rings. The summed E-state index contributed by atoms with van der Waals surface area (Å²) in [5.74, 6) is 0. The van der Waals surface area contributed by atoms with E-state index in [0.29, 0.717) is 0 Å². The lowest BCUT2D eigenvalue weighted by molar-refractivity contribution is 0.633. The molecule has 0 atom stereocenters. The molecule has 0 saturated heterocycles. The molecule has 2 spiro atoms. The van der Waals surface area contributed by atoms with Crippen molar-refractivity contribution in [1.29, 1.82) is 0 Å². The van der Waals surface area contributed by atoms with Crippen molar-refractivity contribution in [3.05, 3.63) is 317 Å². The van der Waals surface area contributed by atoms with Crippen LogP contribution in [0.25, 0.3) is 22.3 Å². The molecule has 72 heavy (non-hydrogen) atoms. The second-order valence-electron chi connectivity index (χ2n) is 19.1. The molecule has 340 valence electrons. The SMILES string of the molecule is c1ccc(Nc2ccc3c(c2)C2(c4cc(Nc5ccccc5)ccc4-3)c3ccccc3C3(c4cc(Nc5ccccc5)ccc4-c4ccc(N(c5ccccc5)c5ccccc5)cc43)c3ccccc32)cc1. The molecule has 0 heterocycles. The fourth-order valence-corrected chi connectivity index (χ4v) is 12.4. The number of hydrogen-bond donors (Lipinski definition) is 3. The minimum absolute atomic E-state index is 0.702. The molecule has 0 fully saturated rings. The monoisotopic (exact) mass is 920 g/mol. The number of anilines is 9. The minimum atomic E-state index is -0.727. The van der Waals surface area contributed by atoms with E-state index >= 15 is 0 Å². The summed E-state index contributed by atoms with van der Waals surface area (Å²) < 4.78 is 0. The third-order valence-electron chi connectivity index (χ3n) is 15.2. The van der Waals surface area contributed by atoms with Crippen molar-refractivity contribution in [3.63, 3.8) is 0 Å². The van der Waals surface area contributed by atoms with E-state index in [9.17, 15) is 0 Å². The van der Waals surface area contributed by atoms with Crippen molar-refractivity contribution < 1.29 is 0 Å². The summed E-state index contributed by atoms with van der Waals surface area (Å²) in [7, 11) is 0. The van der Waals surface area contributed by atoms with E-state index in [-0.39, 0.29) is 0 Å². The van der Waals surface area contributed by atoms with Gasteiger partial charge in [-0.1, -0.05) is 164 Å². The first kappa shape index (κ1) is 41.6. The predicted molar refractivity (Wildman–Crippen MR) is 298 cm³/mol. The van der Waals surface area contributed by atoms with Gasteiger partial charge in [0.15, 0.2) is 0 Å². The van der Waals surface area contributed by atoms with Crippen molar-refractivity contribution in [2.24, 2.45) is 0 Å². The zero-order valence-corrected chi connectivity index (χ0v) is 39.4. The Bertz CT molecular complexity index is 3650. The van der Waals surface area contributed by atoms with Gasteiger partial charge in [0.05, 0.1) is 10.8 Å². The summed E-state index contributed by atoms with van der Waals surface area (Å²) in [6.07, 6.45) is 0. The van der Waals surface area contributed by atoms with Crippen molar-refractivity contribution in [2.75, 3.05) is 20.9 Å². The van der Waals surface area contributed by atoms with E-state index in [1.165, 1.54) is 66.8 Å². The second kappa shape index (κ2) is 16.6. The van der Waals surface area contributed by atoms with Crippen LogP contribution in [0.15, 0.2) is 273 Å². The van der Waals surface area contributed by atoms with Crippen molar-refractivity contribution in [2.45, 2.75) is 10.8 Å². The van der Waals surface area contributed by atoms with Crippen LogP contribution < -0.4 is 20.9 Å². The van der Waals surface area contributed by atoms with Gasteiger partial charge in [0.2, 0.25) is 0 Å². The minimum Gasteiger partial charge on any atom is -0.356 e. The molecule has 3 aliphatic carbocycles. The third-order valence-corrected chi connectivity index (χ3v) is 15.2. The van der Waals surface area contributed by atoms with E-state index in [1.54, 1.807) is 0 Å². The van der Waals surface area contributed by atoms with Gasteiger partial charge in [-0.25, -0.2) is 0 Å². The van der Waals surface area contributed by atoms with Gasteiger partial charge in [-0.15, -0.1) is 0 Å². The molecule has 0 unspecified atom stereocenters. The lowest BCUT2D eigenvalue weighted by Gasteiger charge is -2.49. The van der Waals surface area contributed by atoms with E-state index in [2.05, 4.69) is 294 Å². The summed E-state index contributed by atoms with van der Waals surface area (Å²) in [6.45, 7) is 0. The van der Waals surface area contributed by atoms with Crippen LogP contribution in [-0.2, 0) is 10.8 Å². The normalized spacial score (nSPS) is 13.5. The highest BCUT2D eigenvalue weighted by molar-refractivity contribution is 5.97. The summed E-state index contributed by atoms with van der Waals surface area (Å²) in [5, 5.41) is 11.4. The Hall–Kier alpha value is -9.38. The lowest BCUT2D eigenvalue weighted by atomic mass is 9.52. The molecule has 11 aromatic carbocycles. The Morgan fingerprint density at radius 1 is 0.208 bits per heavy atom. The summed E-state index contributed by atoms with van der Waals surface area (Å²) in [4.78, 5) is 2.40. The van der Waals surface area contributed by atoms with Crippen LogP contribution in [0.1, 0.15) is 44.5 Å². The highest BCUT2D eigenvalue weighted by Crippen LogP contribution is 2.68. The van der Waals surface area contributed by atoms with E-state index in [4.69, 9.17) is 0 Å². The largest absolute Gasteiger partial charge is 0.356 e. The van der Waals surface area contributed by atoms with Crippen molar-refractivity contribution in [1.82, 2.24) is 0 Å². The molecular weight excluding hydrogens is 873 g/mol.